The highest BCUT2D eigenvalue weighted by Crippen LogP contribution is 2.19. The number of primary amides is 1. The second kappa shape index (κ2) is 10.2. The van der Waals surface area contributed by atoms with E-state index in [0.29, 0.717) is 31.0 Å². The molecule has 1 aliphatic rings. The Morgan fingerprint density at radius 2 is 1.64 bits per heavy atom. The zero-order valence-corrected chi connectivity index (χ0v) is 16.9. The van der Waals surface area contributed by atoms with Gasteiger partial charge in [-0.1, -0.05) is 37.3 Å². The first-order valence-corrected chi connectivity index (χ1v) is 11.0. The van der Waals surface area contributed by atoms with Crippen LogP contribution in [0.1, 0.15) is 35.7 Å². The molecule has 1 aliphatic heterocycles. The molecule has 3 N–H and O–H groups in total. The third-order valence-corrected chi connectivity index (χ3v) is 6.65. The lowest BCUT2D eigenvalue weighted by atomic mass is 10.0. The molecule has 0 spiro atoms. The molecular formula is C21H28N2O4S. The number of aryl methyl sites for hydroxylation is 1. The molecule has 0 aliphatic carbocycles. The molecule has 0 unspecified atom stereocenters. The van der Waals surface area contributed by atoms with Crippen molar-refractivity contribution in [3.05, 3.63) is 65.7 Å². The minimum absolute atomic E-state index is 0.130. The summed E-state index contributed by atoms with van der Waals surface area (Å²) in [6.45, 7) is 3.57. The molecule has 1 fully saturated rings. The minimum Gasteiger partial charge on any atom is -0.508 e. The first kappa shape index (κ1) is 21.9. The molecule has 0 bridgehead atoms. The van der Waals surface area contributed by atoms with E-state index in [1.165, 1.54) is 24.3 Å². The lowest BCUT2D eigenvalue weighted by molar-refractivity contribution is 0.100. The van der Waals surface area contributed by atoms with Gasteiger partial charge in [0.1, 0.15) is 5.75 Å². The third-order valence-electron chi connectivity index (χ3n) is 4.78. The maximum atomic E-state index is 12.2. The first-order valence-electron chi connectivity index (χ1n) is 9.38. The van der Waals surface area contributed by atoms with Crippen molar-refractivity contribution in [1.82, 2.24) is 4.31 Å². The highest BCUT2D eigenvalue weighted by Gasteiger charge is 2.25. The van der Waals surface area contributed by atoms with Crippen LogP contribution in [0.15, 0.2) is 54.6 Å². The van der Waals surface area contributed by atoms with Crippen LogP contribution in [-0.4, -0.2) is 42.6 Å². The molecule has 0 atom stereocenters. The van der Waals surface area contributed by atoms with Gasteiger partial charge in [0.25, 0.3) is 0 Å². The molecule has 6 nitrogen and oxygen atoms in total. The Kier molecular flexibility index (Phi) is 8.02. The van der Waals surface area contributed by atoms with E-state index in [1.54, 1.807) is 4.31 Å². The van der Waals surface area contributed by atoms with Crippen LogP contribution in [-0.2, 0) is 16.4 Å². The molecule has 0 radical (unpaired) electrons. The number of amides is 1. The van der Waals surface area contributed by atoms with Crippen LogP contribution in [0.25, 0.3) is 0 Å². The molecule has 152 valence electrons. The largest absolute Gasteiger partial charge is 0.508 e. The fourth-order valence-electron chi connectivity index (χ4n) is 2.91. The maximum absolute atomic E-state index is 12.2. The quantitative estimate of drug-likeness (QED) is 0.800. The van der Waals surface area contributed by atoms with Crippen molar-refractivity contribution in [1.29, 1.82) is 0 Å². The molecule has 3 rings (SSSR count). The van der Waals surface area contributed by atoms with E-state index < -0.39 is 15.9 Å². The lowest BCUT2D eigenvalue weighted by Gasteiger charge is -2.29. The summed E-state index contributed by atoms with van der Waals surface area (Å²) in [6, 6.07) is 15.6. The average molecular weight is 405 g/mol. The van der Waals surface area contributed by atoms with Gasteiger partial charge in [-0.05, 0) is 55.0 Å². The van der Waals surface area contributed by atoms with Gasteiger partial charge in [0.05, 0.1) is 5.75 Å². The number of hydrogen-bond donors (Lipinski definition) is 2. The van der Waals surface area contributed by atoms with Crippen LogP contribution < -0.4 is 5.73 Å². The number of rotatable bonds is 5. The van der Waals surface area contributed by atoms with Gasteiger partial charge < -0.3 is 10.8 Å². The van der Waals surface area contributed by atoms with Crippen molar-refractivity contribution in [3.63, 3.8) is 0 Å². The third kappa shape index (κ3) is 6.98. The molecule has 0 aromatic heterocycles. The summed E-state index contributed by atoms with van der Waals surface area (Å²) in [5, 5.41) is 8.79. The zero-order valence-electron chi connectivity index (χ0n) is 16.1. The van der Waals surface area contributed by atoms with Crippen LogP contribution >= 0.6 is 0 Å². The number of nitrogens with zero attached hydrogens (tertiary/aromatic N) is 1. The Balaban J connectivity index is 0.000000237. The van der Waals surface area contributed by atoms with Gasteiger partial charge in [-0.3, -0.25) is 4.79 Å². The van der Waals surface area contributed by atoms with Crippen molar-refractivity contribution >= 4 is 15.9 Å². The summed E-state index contributed by atoms with van der Waals surface area (Å²) in [4.78, 5) is 10.5. The molecule has 2 aromatic carbocycles. The molecule has 2 aromatic rings. The van der Waals surface area contributed by atoms with Gasteiger partial charge >= 0.3 is 0 Å². The minimum atomic E-state index is -3.07. The number of benzene rings is 2. The number of piperidine rings is 1. The Labute approximate surface area is 167 Å². The Morgan fingerprint density at radius 1 is 1.07 bits per heavy atom. The molecular weight excluding hydrogens is 376 g/mol. The van der Waals surface area contributed by atoms with E-state index in [2.05, 4.69) is 6.92 Å². The van der Waals surface area contributed by atoms with Crippen molar-refractivity contribution < 1.29 is 18.3 Å². The van der Waals surface area contributed by atoms with Gasteiger partial charge in [-0.2, -0.15) is 0 Å². The van der Waals surface area contributed by atoms with Crippen LogP contribution in [0, 0.1) is 5.92 Å². The number of hydrogen-bond acceptors (Lipinski definition) is 4. The van der Waals surface area contributed by atoms with Crippen LogP contribution in [0.4, 0.5) is 0 Å². The van der Waals surface area contributed by atoms with Gasteiger partial charge in [0.15, 0.2) is 0 Å². The lowest BCUT2D eigenvalue weighted by Crippen LogP contribution is -2.39. The molecule has 1 heterocycles. The van der Waals surface area contributed by atoms with Crippen molar-refractivity contribution in [2.75, 3.05) is 18.8 Å². The van der Waals surface area contributed by atoms with E-state index in [4.69, 9.17) is 10.8 Å². The standard InChI is InChI=1S/C14H21NO2S.C7H7NO2/c1-13-7-10-15(11-8-13)18(16,17)12-9-14-5-3-2-4-6-14;8-7(10)5-1-3-6(9)4-2-5/h2-6,13H,7-12H2,1H3;1-4,9H,(H2,8,10). The number of phenols is 1. The highest BCUT2D eigenvalue weighted by molar-refractivity contribution is 7.89. The first-order chi connectivity index (χ1) is 13.3. The van der Waals surface area contributed by atoms with Gasteiger partial charge in [0, 0.05) is 18.7 Å². The molecule has 0 saturated carbocycles. The fraction of sp³-hybridized carbons (Fsp3) is 0.381. The fourth-order valence-corrected chi connectivity index (χ4v) is 4.43. The summed E-state index contributed by atoms with van der Waals surface area (Å²) < 4.78 is 26.0. The van der Waals surface area contributed by atoms with E-state index >= 15 is 0 Å². The van der Waals surface area contributed by atoms with Gasteiger partial charge in [-0.25, -0.2) is 12.7 Å². The van der Waals surface area contributed by atoms with Crippen LogP contribution in [0.5, 0.6) is 5.75 Å². The smallest absolute Gasteiger partial charge is 0.248 e. The number of sulfonamides is 1. The van der Waals surface area contributed by atoms with E-state index in [1.807, 2.05) is 30.3 Å². The van der Waals surface area contributed by atoms with Gasteiger partial charge in [0.2, 0.25) is 15.9 Å². The van der Waals surface area contributed by atoms with E-state index in [0.717, 1.165) is 18.4 Å². The summed E-state index contributed by atoms with van der Waals surface area (Å²) >= 11 is 0. The van der Waals surface area contributed by atoms with Crippen molar-refractivity contribution in [2.24, 2.45) is 11.7 Å². The number of carbonyl (C=O) groups is 1. The molecule has 1 amide bonds. The molecule has 1 saturated heterocycles. The summed E-state index contributed by atoms with van der Waals surface area (Å²) in [5.74, 6) is 0.529. The predicted molar refractivity (Wildman–Crippen MR) is 111 cm³/mol. The highest BCUT2D eigenvalue weighted by atomic mass is 32.2. The normalized spacial score (nSPS) is 15.5. The van der Waals surface area contributed by atoms with Crippen LogP contribution in [0.2, 0.25) is 0 Å². The van der Waals surface area contributed by atoms with E-state index in [-0.39, 0.29) is 11.5 Å². The van der Waals surface area contributed by atoms with Gasteiger partial charge in [-0.15, -0.1) is 0 Å². The van der Waals surface area contributed by atoms with E-state index in [9.17, 15) is 13.2 Å². The Hall–Kier alpha value is -2.38. The summed E-state index contributed by atoms with van der Waals surface area (Å²) in [6.07, 6.45) is 2.59. The van der Waals surface area contributed by atoms with Crippen LogP contribution in [0.3, 0.4) is 0 Å². The Bertz CT molecular complexity index is 844. The zero-order chi connectivity index (χ0) is 20.6. The number of carbonyl (C=O) groups excluding carboxylic acids is 1. The molecule has 28 heavy (non-hydrogen) atoms. The topological polar surface area (TPSA) is 101 Å². The second-order valence-electron chi connectivity index (χ2n) is 7.04. The van der Waals surface area contributed by atoms with Crippen molar-refractivity contribution in [2.45, 2.75) is 26.2 Å². The number of phenolic OH excluding ortho intramolecular Hbond substituents is 1. The second-order valence-corrected chi connectivity index (χ2v) is 9.13. The number of nitrogens with two attached hydrogens (primary N) is 1. The van der Waals surface area contributed by atoms with Crippen molar-refractivity contribution in [3.8, 4) is 5.75 Å². The predicted octanol–water partition coefficient (Wildman–Crippen LogP) is 2.78. The summed E-state index contributed by atoms with van der Waals surface area (Å²) in [7, 11) is -3.07. The number of aromatic hydroxyl groups is 1. The average Bonchev–Trinajstić information content (AvgIpc) is 2.68. The monoisotopic (exact) mass is 404 g/mol. The maximum Gasteiger partial charge on any atom is 0.248 e. The Morgan fingerprint density at radius 3 is 2.18 bits per heavy atom. The summed E-state index contributed by atoms with van der Waals surface area (Å²) in [5.41, 5.74) is 6.43. The SMILES string of the molecule is CC1CCN(S(=O)(=O)CCc2ccccc2)CC1.NC(=O)c1ccc(O)cc1. The molecule has 7 heteroatoms.